The molecule has 2 N–H and O–H groups in total. The van der Waals surface area contributed by atoms with Crippen molar-refractivity contribution in [3.05, 3.63) is 35.5 Å². The zero-order chi connectivity index (χ0) is 13.0. The topological polar surface area (TPSA) is 54.1 Å². The fourth-order valence-electron chi connectivity index (χ4n) is 2.02. The number of benzene rings is 1. The highest BCUT2D eigenvalue weighted by molar-refractivity contribution is 5.84. The van der Waals surface area contributed by atoms with Gasteiger partial charge in [-0.3, -0.25) is 4.79 Å². The number of hydrogen-bond acceptors (Lipinski definition) is 2. The average molecular weight is 246 g/mol. The second-order valence-electron chi connectivity index (χ2n) is 4.40. The van der Waals surface area contributed by atoms with Crippen molar-refractivity contribution in [2.45, 2.75) is 13.3 Å². The second-order valence-corrected chi connectivity index (χ2v) is 4.40. The SMILES string of the molecule is COCC(=O)NCCc1c[nH]c2ccc(C)cc12. The van der Waals surface area contributed by atoms with E-state index in [1.807, 2.05) is 6.20 Å². The van der Waals surface area contributed by atoms with E-state index >= 15 is 0 Å². The summed E-state index contributed by atoms with van der Waals surface area (Å²) in [7, 11) is 1.52. The monoisotopic (exact) mass is 246 g/mol. The smallest absolute Gasteiger partial charge is 0.245 e. The summed E-state index contributed by atoms with van der Waals surface area (Å²) in [5.41, 5.74) is 3.61. The van der Waals surface area contributed by atoms with E-state index in [1.54, 1.807) is 0 Å². The van der Waals surface area contributed by atoms with E-state index in [0.717, 1.165) is 11.9 Å². The molecule has 0 radical (unpaired) electrons. The number of H-pyrrole nitrogens is 1. The van der Waals surface area contributed by atoms with Crippen LogP contribution in [0.5, 0.6) is 0 Å². The molecule has 0 saturated carbocycles. The lowest BCUT2D eigenvalue weighted by Gasteiger charge is -2.04. The van der Waals surface area contributed by atoms with Crippen molar-refractivity contribution in [3.8, 4) is 0 Å². The number of hydrogen-bond donors (Lipinski definition) is 2. The Labute approximate surface area is 106 Å². The molecular weight excluding hydrogens is 228 g/mol. The van der Waals surface area contributed by atoms with Gasteiger partial charge in [-0.2, -0.15) is 0 Å². The minimum atomic E-state index is -0.0754. The molecule has 1 aromatic carbocycles. The number of carbonyl (C=O) groups excluding carboxylic acids is 1. The molecule has 0 aliphatic carbocycles. The van der Waals surface area contributed by atoms with Crippen LogP contribution in [-0.4, -0.2) is 31.2 Å². The Morgan fingerprint density at radius 1 is 1.44 bits per heavy atom. The van der Waals surface area contributed by atoms with Crippen LogP contribution in [0.4, 0.5) is 0 Å². The third-order valence-corrected chi connectivity index (χ3v) is 2.91. The molecule has 0 bridgehead atoms. The predicted molar refractivity (Wildman–Crippen MR) is 71.6 cm³/mol. The molecule has 1 aromatic heterocycles. The zero-order valence-electron chi connectivity index (χ0n) is 10.7. The van der Waals surface area contributed by atoms with E-state index in [1.165, 1.54) is 23.6 Å². The van der Waals surface area contributed by atoms with Crippen LogP contribution < -0.4 is 5.32 Å². The summed E-state index contributed by atoms with van der Waals surface area (Å²) in [6.07, 6.45) is 2.82. The van der Waals surface area contributed by atoms with Gasteiger partial charge >= 0.3 is 0 Å². The number of aryl methyl sites for hydroxylation is 1. The Morgan fingerprint density at radius 3 is 3.06 bits per heavy atom. The van der Waals surface area contributed by atoms with Crippen molar-refractivity contribution in [3.63, 3.8) is 0 Å². The number of fused-ring (bicyclic) bond motifs is 1. The third-order valence-electron chi connectivity index (χ3n) is 2.91. The van der Waals surface area contributed by atoms with Gasteiger partial charge in [0.25, 0.3) is 0 Å². The maximum absolute atomic E-state index is 11.2. The summed E-state index contributed by atoms with van der Waals surface area (Å²) in [5, 5.41) is 4.06. The average Bonchev–Trinajstić information content (AvgIpc) is 2.72. The number of ether oxygens (including phenoxy) is 1. The van der Waals surface area contributed by atoms with Crippen molar-refractivity contribution < 1.29 is 9.53 Å². The van der Waals surface area contributed by atoms with Crippen molar-refractivity contribution >= 4 is 16.8 Å². The van der Waals surface area contributed by atoms with E-state index in [4.69, 9.17) is 4.74 Å². The summed E-state index contributed by atoms with van der Waals surface area (Å²) in [6, 6.07) is 6.33. The molecule has 0 fully saturated rings. The van der Waals surface area contributed by atoms with Crippen LogP contribution in [0.25, 0.3) is 10.9 Å². The largest absolute Gasteiger partial charge is 0.375 e. The number of aromatic amines is 1. The lowest BCUT2D eigenvalue weighted by Crippen LogP contribution is -2.28. The zero-order valence-corrected chi connectivity index (χ0v) is 10.7. The van der Waals surface area contributed by atoms with Crippen molar-refractivity contribution in [2.24, 2.45) is 0 Å². The lowest BCUT2D eigenvalue weighted by molar-refractivity contribution is -0.124. The van der Waals surface area contributed by atoms with Crippen LogP contribution in [-0.2, 0) is 16.0 Å². The van der Waals surface area contributed by atoms with Crippen LogP contribution in [0.1, 0.15) is 11.1 Å². The molecule has 96 valence electrons. The first-order valence-electron chi connectivity index (χ1n) is 6.03. The maximum atomic E-state index is 11.2. The Morgan fingerprint density at radius 2 is 2.28 bits per heavy atom. The summed E-state index contributed by atoms with van der Waals surface area (Å²) in [4.78, 5) is 14.5. The van der Waals surface area contributed by atoms with Gasteiger partial charge in [0.15, 0.2) is 0 Å². The van der Waals surface area contributed by atoms with Gasteiger partial charge in [-0.15, -0.1) is 0 Å². The summed E-state index contributed by atoms with van der Waals surface area (Å²) in [5.74, 6) is -0.0754. The molecule has 0 saturated heterocycles. The number of aromatic nitrogens is 1. The van der Waals surface area contributed by atoms with Crippen LogP contribution in [0, 0.1) is 6.92 Å². The Hall–Kier alpha value is -1.81. The molecule has 4 nitrogen and oxygen atoms in total. The molecule has 18 heavy (non-hydrogen) atoms. The maximum Gasteiger partial charge on any atom is 0.245 e. The molecule has 4 heteroatoms. The Bertz CT molecular complexity index is 546. The first-order chi connectivity index (χ1) is 8.70. The van der Waals surface area contributed by atoms with Crippen LogP contribution >= 0.6 is 0 Å². The number of amides is 1. The highest BCUT2D eigenvalue weighted by Crippen LogP contribution is 2.19. The van der Waals surface area contributed by atoms with Crippen molar-refractivity contribution in [1.82, 2.24) is 10.3 Å². The first kappa shape index (κ1) is 12.6. The lowest BCUT2D eigenvalue weighted by atomic mass is 10.1. The summed E-state index contributed by atoms with van der Waals surface area (Å²) >= 11 is 0. The van der Waals surface area contributed by atoms with Gasteiger partial charge in [-0.1, -0.05) is 11.6 Å². The second kappa shape index (κ2) is 5.69. The van der Waals surface area contributed by atoms with Gasteiger partial charge in [-0.05, 0) is 31.0 Å². The Balaban J connectivity index is 1.99. The van der Waals surface area contributed by atoms with Gasteiger partial charge in [0.05, 0.1) is 0 Å². The van der Waals surface area contributed by atoms with E-state index in [9.17, 15) is 4.79 Å². The predicted octanol–water partition coefficient (Wildman–Crippen LogP) is 1.78. The Kier molecular flexibility index (Phi) is 3.99. The third kappa shape index (κ3) is 2.90. The molecule has 2 rings (SSSR count). The quantitative estimate of drug-likeness (QED) is 0.845. The minimum absolute atomic E-state index is 0.0754. The fraction of sp³-hybridized carbons (Fsp3) is 0.357. The summed E-state index contributed by atoms with van der Waals surface area (Å²) in [6.45, 7) is 2.83. The molecular formula is C14H18N2O2. The van der Waals surface area contributed by atoms with E-state index in [-0.39, 0.29) is 12.5 Å². The van der Waals surface area contributed by atoms with Gasteiger partial charge in [0.1, 0.15) is 6.61 Å². The summed E-state index contributed by atoms with van der Waals surface area (Å²) < 4.78 is 4.76. The van der Waals surface area contributed by atoms with Gasteiger partial charge in [0, 0.05) is 30.8 Å². The van der Waals surface area contributed by atoms with Gasteiger partial charge in [0.2, 0.25) is 5.91 Å². The highest BCUT2D eigenvalue weighted by atomic mass is 16.5. The molecule has 0 spiro atoms. The number of methoxy groups -OCH3 is 1. The molecule has 0 unspecified atom stereocenters. The fourth-order valence-corrected chi connectivity index (χ4v) is 2.02. The molecule has 1 amide bonds. The number of carbonyl (C=O) groups is 1. The number of rotatable bonds is 5. The standard InChI is InChI=1S/C14H18N2O2/c1-10-3-4-13-12(7-10)11(8-16-13)5-6-15-14(17)9-18-2/h3-4,7-8,16H,5-6,9H2,1-2H3,(H,15,17). The van der Waals surface area contributed by atoms with Crippen molar-refractivity contribution in [2.75, 3.05) is 20.3 Å². The molecule has 2 aromatic rings. The van der Waals surface area contributed by atoms with E-state index < -0.39 is 0 Å². The van der Waals surface area contributed by atoms with Crippen molar-refractivity contribution in [1.29, 1.82) is 0 Å². The number of nitrogens with one attached hydrogen (secondary N) is 2. The van der Waals surface area contributed by atoms with Crippen LogP contribution in [0.15, 0.2) is 24.4 Å². The minimum Gasteiger partial charge on any atom is -0.375 e. The van der Waals surface area contributed by atoms with Crippen LogP contribution in [0.2, 0.25) is 0 Å². The first-order valence-corrected chi connectivity index (χ1v) is 6.03. The molecule has 0 atom stereocenters. The molecule has 0 aliphatic rings. The van der Waals surface area contributed by atoms with Crippen LogP contribution in [0.3, 0.4) is 0 Å². The normalized spacial score (nSPS) is 10.8. The van der Waals surface area contributed by atoms with Gasteiger partial charge in [-0.25, -0.2) is 0 Å². The molecule has 0 aliphatic heterocycles. The van der Waals surface area contributed by atoms with E-state index in [0.29, 0.717) is 6.54 Å². The van der Waals surface area contributed by atoms with E-state index in [2.05, 4.69) is 35.4 Å². The molecule has 1 heterocycles. The van der Waals surface area contributed by atoms with Gasteiger partial charge < -0.3 is 15.0 Å². The highest BCUT2D eigenvalue weighted by Gasteiger charge is 2.04.